The molecule has 1 atom stereocenters. The number of nitrogens with one attached hydrogen (secondary N) is 1. The minimum atomic E-state index is 0. The lowest BCUT2D eigenvalue weighted by atomic mass is 10.1. The highest BCUT2D eigenvalue weighted by Crippen LogP contribution is 2.26. The van der Waals surface area contributed by atoms with Crippen molar-refractivity contribution in [3.05, 3.63) is 52.9 Å². The standard InChI is InChI=1S/C17H21N3S.2ClH/c1-14(19-17-6-2-3-9-18-17)13-20-10-7-15(8-11-20)16-5-4-12-21-16;;/h2-7,9,12,14H,8,10-11,13H2,1H3,(H,18,19);2*1H/t14-;;/m1../s1. The van der Waals surface area contributed by atoms with E-state index < -0.39 is 0 Å². The third kappa shape index (κ3) is 5.81. The van der Waals surface area contributed by atoms with Gasteiger partial charge in [-0.3, -0.25) is 4.90 Å². The van der Waals surface area contributed by atoms with Gasteiger partial charge >= 0.3 is 0 Å². The monoisotopic (exact) mass is 371 g/mol. The number of rotatable bonds is 5. The maximum absolute atomic E-state index is 4.32. The third-order valence-electron chi connectivity index (χ3n) is 3.72. The molecule has 0 fully saturated rings. The molecule has 0 radical (unpaired) electrons. The van der Waals surface area contributed by atoms with Crippen LogP contribution in [0.4, 0.5) is 5.82 Å². The maximum Gasteiger partial charge on any atom is 0.126 e. The van der Waals surface area contributed by atoms with Crippen LogP contribution in [0.15, 0.2) is 48.0 Å². The van der Waals surface area contributed by atoms with E-state index >= 15 is 0 Å². The molecule has 0 aliphatic carbocycles. The number of pyridine rings is 1. The van der Waals surface area contributed by atoms with Crippen LogP contribution in [0, 0.1) is 0 Å². The second kappa shape index (κ2) is 9.93. The van der Waals surface area contributed by atoms with Gasteiger partial charge in [0, 0.05) is 36.8 Å². The van der Waals surface area contributed by atoms with Crippen molar-refractivity contribution >= 4 is 47.5 Å². The fraction of sp³-hybridized carbons (Fsp3) is 0.353. The van der Waals surface area contributed by atoms with E-state index in [1.165, 1.54) is 10.5 Å². The van der Waals surface area contributed by atoms with Crippen molar-refractivity contribution in [1.82, 2.24) is 9.88 Å². The SMILES string of the molecule is C[C@H](CN1CC=C(c2cccs2)CC1)Nc1ccccn1.Cl.Cl. The zero-order valence-electron chi connectivity index (χ0n) is 13.1. The quantitative estimate of drug-likeness (QED) is 0.833. The summed E-state index contributed by atoms with van der Waals surface area (Å²) >= 11 is 1.84. The van der Waals surface area contributed by atoms with E-state index in [0.29, 0.717) is 6.04 Å². The van der Waals surface area contributed by atoms with Gasteiger partial charge in [0.2, 0.25) is 0 Å². The van der Waals surface area contributed by atoms with Crippen LogP contribution in [0.2, 0.25) is 0 Å². The molecule has 1 N–H and O–H groups in total. The van der Waals surface area contributed by atoms with Crippen molar-refractivity contribution in [2.24, 2.45) is 0 Å². The lowest BCUT2D eigenvalue weighted by molar-refractivity contribution is 0.293. The van der Waals surface area contributed by atoms with Gasteiger partial charge in [-0.25, -0.2) is 4.98 Å². The molecule has 23 heavy (non-hydrogen) atoms. The molecule has 0 spiro atoms. The summed E-state index contributed by atoms with van der Waals surface area (Å²) < 4.78 is 0. The average Bonchev–Trinajstić information content (AvgIpc) is 3.03. The van der Waals surface area contributed by atoms with Gasteiger partial charge < -0.3 is 5.32 Å². The summed E-state index contributed by atoms with van der Waals surface area (Å²) in [4.78, 5) is 8.24. The molecule has 2 aromatic heterocycles. The van der Waals surface area contributed by atoms with Crippen molar-refractivity contribution in [3.8, 4) is 0 Å². The van der Waals surface area contributed by atoms with E-state index in [1.54, 1.807) is 0 Å². The van der Waals surface area contributed by atoms with E-state index in [2.05, 4.69) is 45.7 Å². The first-order chi connectivity index (χ1) is 10.3. The Labute approximate surface area is 154 Å². The molecule has 3 heterocycles. The summed E-state index contributed by atoms with van der Waals surface area (Å²) in [5, 5.41) is 5.61. The smallest absolute Gasteiger partial charge is 0.126 e. The second-order valence-electron chi connectivity index (χ2n) is 5.48. The van der Waals surface area contributed by atoms with Crippen molar-refractivity contribution in [2.75, 3.05) is 25.0 Å². The Balaban J connectivity index is 0.00000132. The Morgan fingerprint density at radius 2 is 2.13 bits per heavy atom. The molecule has 0 bridgehead atoms. The molecule has 1 aliphatic rings. The van der Waals surface area contributed by atoms with E-state index in [1.807, 2.05) is 35.7 Å². The molecule has 0 aromatic carbocycles. The van der Waals surface area contributed by atoms with Gasteiger partial charge in [-0.05, 0) is 42.5 Å². The van der Waals surface area contributed by atoms with E-state index in [0.717, 1.165) is 31.9 Å². The van der Waals surface area contributed by atoms with Gasteiger partial charge in [-0.15, -0.1) is 36.2 Å². The van der Waals surface area contributed by atoms with Gasteiger partial charge in [0.1, 0.15) is 5.82 Å². The fourth-order valence-corrected chi connectivity index (χ4v) is 3.49. The molecule has 1 aliphatic heterocycles. The van der Waals surface area contributed by atoms with Crippen LogP contribution >= 0.6 is 36.2 Å². The summed E-state index contributed by atoms with van der Waals surface area (Å²) in [6.07, 6.45) is 5.35. The van der Waals surface area contributed by atoms with Crippen LogP contribution in [-0.2, 0) is 0 Å². The molecule has 6 heteroatoms. The largest absolute Gasteiger partial charge is 0.366 e. The van der Waals surface area contributed by atoms with Crippen molar-refractivity contribution < 1.29 is 0 Å². The van der Waals surface area contributed by atoms with Gasteiger partial charge in [-0.2, -0.15) is 0 Å². The van der Waals surface area contributed by atoms with Crippen LogP contribution in [0.1, 0.15) is 18.2 Å². The number of hydrogen-bond donors (Lipinski definition) is 1. The van der Waals surface area contributed by atoms with Gasteiger partial charge in [0.25, 0.3) is 0 Å². The molecule has 3 nitrogen and oxygen atoms in total. The van der Waals surface area contributed by atoms with Gasteiger partial charge in [-0.1, -0.05) is 18.2 Å². The fourth-order valence-electron chi connectivity index (χ4n) is 2.70. The number of hydrogen-bond acceptors (Lipinski definition) is 4. The van der Waals surface area contributed by atoms with Crippen molar-refractivity contribution in [1.29, 1.82) is 0 Å². The zero-order valence-corrected chi connectivity index (χ0v) is 15.6. The minimum absolute atomic E-state index is 0. The molecular formula is C17H23Cl2N3S. The maximum atomic E-state index is 4.32. The van der Waals surface area contributed by atoms with Crippen LogP contribution < -0.4 is 5.32 Å². The molecule has 2 aromatic rings. The number of anilines is 1. The van der Waals surface area contributed by atoms with Crippen LogP contribution in [0.3, 0.4) is 0 Å². The van der Waals surface area contributed by atoms with Crippen LogP contribution in [-0.4, -0.2) is 35.6 Å². The number of thiophene rings is 1. The van der Waals surface area contributed by atoms with Gasteiger partial charge in [0.05, 0.1) is 0 Å². The molecule has 0 saturated heterocycles. The second-order valence-corrected chi connectivity index (χ2v) is 6.42. The molecule has 0 unspecified atom stereocenters. The predicted octanol–water partition coefficient (Wildman–Crippen LogP) is 4.58. The molecule has 3 rings (SSSR count). The number of aromatic nitrogens is 1. The average molecular weight is 372 g/mol. The Hall–Kier alpha value is -1.07. The zero-order chi connectivity index (χ0) is 14.5. The Morgan fingerprint density at radius 3 is 2.74 bits per heavy atom. The Morgan fingerprint density at radius 1 is 1.26 bits per heavy atom. The minimum Gasteiger partial charge on any atom is -0.366 e. The topological polar surface area (TPSA) is 28.2 Å². The van der Waals surface area contributed by atoms with Gasteiger partial charge in [0.15, 0.2) is 0 Å². The first kappa shape index (κ1) is 20.0. The Bertz CT molecular complexity index is 587. The normalized spacial score (nSPS) is 15.8. The molecule has 0 amide bonds. The summed E-state index contributed by atoms with van der Waals surface area (Å²) in [5.41, 5.74) is 1.51. The van der Waals surface area contributed by atoms with Crippen LogP contribution in [0.25, 0.3) is 5.57 Å². The van der Waals surface area contributed by atoms with Crippen molar-refractivity contribution in [3.63, 3.8) is 0 Å². The van der Waals surface area contributed by atoms with E-state index in [9.17, 15) is 0 Å². The predicted molar refractivity (Wildman–Crippen MR) is 105 cm³/mol. The molecule has 126 valence electrons. The first-order valence-electron chi connectivity index (χ1n) is 7.44. The summed E-state index contributed by atoms with van der Waals surface area (Å²) in [5.74, 6) is 0.955. The lowest BCUT2D eigenvalue weighted by Gasteiger charge is -2.29. The molecule has 0 saturated carbocycles. The first-order valence-corrected chi connectivity index (χ1v) is 8.32. The van der Waals surface area contributed by atoms with Crippen LogP contribution in [0.5, 0.6) is 0 Å². The van der Waals surface area contributed by atoms with E-state index in [-0.39, 0.29) is 24.8 Å². The van der Waals surface area contributed by atoms with Crippen molar-refractivity contribution in [2.45, 2.75) is 19.4 Å². The Kier molecular flexibility index (Phi) is 8.63. The number of halogens is 2. The third-order valence-corrected chi connectivity index (χ3v) is 4.67. The highest BCUT2D eigenvalue weighted by molar-refractivity contribution is 7.11. The summed E-state index contributed by atoms with van der Waals surface area (Å²) in [6.45, 7) is 5.44. The lowest BCUT2D eigenvalue weighted by Crippen LogP contribution is -2.37. The highest BCUT2D eigenvalue weighted by atomic mass is 35.5. The van der Waals surface area contributed by atoms with E-state index in [4.69, 9.17) is 0 Å². The summed E-state index contributed by atoms with van der Waals surface area (Å²) in [7, 11) is 0. The number of nitrogens with zero attached hydrogens (tertiary/aromatic N) is 2. The summed E-state index contributed by atoms with van der Waals surface area (Å²) in [6, 6.07) is 10.7. The highest BCUT2D eigenvalue weighted by Gasteiger charge is 2.15. The molecular weight excluding hydrogens is 349 g/mol.